The fraction of sp³-hybridized carbons (Fsp3) is 0.333. The highest BCUT2D eigenvalue weighted by molar-refractivity contribution is 7.15. The average molecular weight is 594 g/mol. The summed E-state index contributed by atoms with van der Waals surface area (Å²) in [5.41, 5.74) is 1.43. The fourth-order valence-corrected chi connectivity index (χ4v) is 6.01. The zero-order valence-electron chi connectivity index (χ0n) is 20.1. The first kappa shape index (κ1) is 29.5. The Bertz CT molecular complexity index is 1320. The minimum absolute atomic E-state index is 0. The lowest BCUT2D eigenvalue weighted by Crippen LogP contribution is -2.14. The molecular formula is C24H26Cl2N8O2S2. The molecule has 0 aliphatic heterocycles. The molecule has 0 aromatic carbocycles. The van der Waals surface area contributed by atoms with Crippen molar-refractivity contribution in [3.63, 3.8) is 0 Å². The molecule has 14 heteroatoms. The van der Waals surface area contributed by atoms with Gasteiger partial charge < -0.3 is 10.6 Å². The number of halogens is 2. The lowest BCUT2D eigenvalue weighted by Gasteiger charge is -2.07. The standard InChI is InChI=1S/C24H24N8O2S2.2ClH/c33-19(13-17-5-1-3-9-25-17)27-23-31-29-21(35-23)12-15-7-8-16(11-15)22-30-32-24(36-22)28-20(34)14-18-6-2-4-10-26-18;;/h1-6,9-10,15-16H,7-8,11-14H2,(H,27,31,33)(H,28,32,34);2*1H/t15-,16+;;/m1../s1. The molecule has 0 saturated heterocycles. The van der Waals surface area contributed by atoms with Crippen LogP contribution in [0.5, 0.6) is 0 Å². The number of nitrogens with one attached hydrogen (secondary N) is 2. The van der Waals surface area contributed by atoms with Crippen molar-refractivity contribution < 1.29 is 9.59 Å². The van der Waals surface area contributed by atoms with Crippen LogP contribution in [0.15, 0.2) is 48.8 Å². The highest BCUT2D eigenvalue weighted by Crippen LogP contribution is 2.41. The van der Waals surface area contributed by atoms with E-state index >= 15 is 0 Å². The zero-order chi connectivity index (χ0) is 24.7. The molecule has 2 N–H and O–H groups in total. The molecule has 38 heavy (non-hydrogen) atoms. The summed E-state index contributed by atoms with van der Waals surface area (Å²) >= 11 is 2.85. The number of hydrogen-bond donors (Lipinski definition) is 2. The maximum atomic E-state index is 12.3. The summed E-state index contributed by atoms with van der Waals surface area (Å²) in [5, 5.41) is 25.4. The molecule has 200 valence electrons. The van der Waals surface area contributed by atoms with Crippen LogP contribution in [-0.4, -0.2) is 42.2 Å². The second kappa shape index (κ2) is 14.2. The predicted molar refractivity (Wildman–Crippen MR) is 151 cm³/mol. The van der Waals surface area contributed by atoms with Crippen molar-refractivity contribution in [3.8, 4) is 0 Å². The van der Waals surface area contributed by atoms with Crippen molar-refractivity contribution >= 4 is 69.6 Å². The minimum Gasteiger partial charge on any atom is -0.300 e. The van der Waals surface area contributed by atoms with E-state index in [-0.39, 0.29) is 49.5 Å². The smallest absolute Gasteiger partial charge is 0.232 e. The van der Waals surface area contributed by atoms with E-state index < -0.39 is 0 Å². The van der Waals surface area contributed by atoms with Gasteiger partial charge in [0, 0.05) is 36.1 Å². The van der Waals surface area contributed by atoms with Gasteiger partial charge in [-0.3, -0.25) is 19.6 Å². The summed E-state index contributed by atoms with van der Waals surface area (Å²) in [5.74, 6) is 0.474. The number of nitrogens with zero attached hydrogens (tertiary/aromatic N) is 6. The summed E-state index contributed by atoms with van der Waals surface area (Å²) in [7, 11) is 0. The number of carbonyl (C=O) groups is 2. The minimum atomic E-state index is -0.156. The van der Waals surface area contributed by atoms with Gasteiger partial charge in [0.2, 0.25) is 22.1 Å². The van der Waals surface area contributed by atoms with Gasteiger partial charge in [-0.15, -0.1) is 45.2 Å². The number of pyridine rings is 2. The van der Waals surface area contributed by atoms with E-state index in [4.69, 9.17) is 0 Å². The molecule has 0 spiro atoms. The first-order valence-electron chi connectivity index (χ1n) is 11.7. The zero-order valence-corrected chi connectivity index (χ0v) is 23.4. The Kier molecular flexibility index (Phi) is 11.0. The Balaban J connectivity index is 0.00000200. The van der Waals surface area contributed by atoms with Crippen LogP contribution in [0.2, 0.25) is 0 Å². The first-order chi connectivity index (χ1) is 17.6. The third kappa shape index (κ3) is 8.22. The van der Waals surface area contributed by atoms with E-state index in [1.54, 1.807) is 12.4 Å². The van der Waals surface area contributed by atoms with Crippen LogP contribution in [-0.2, 0) is 28.9 Å². The van der Waals surface area contributed by atoms with Crippen LogP contribution in [0.25, 0.3) is 0 Å². The monoisotopic (exact) mass is 592 g/mol. The van der Waals surface area contributed by atoms with E-state index in [2.05, 4.69) is 41.0 Å². The van der Waals surface area contributed by atoms with Crippen LogP contribution >= 0.6 is 47.5 Å². The molecule has 10 nitrogen and oxygen atoms in total. The van der Waals surface area contributed by atoms with Crippen molar-refractivity contribution in [3.05, 3.63) is 70.2 Å². The normalized spacial score (nSPS) is 16.2. The van der Waals surface area contributed by atoms with E-state index in [1.807, 2.05) is 36.4 Å². The molecule has 1 fully saturated rings. The predicted octanol–water partition coefficient (Wildman–Crippen LogP) is 4.51. The third-order valence-electron chi connectivity index (χ3n) is 5.89. The number of anilines is 2. The summed E-state index contributed by atoms with van der Waals surface area (Å²) < 4.78 is 0. The number of hydrogen-bond acceptors (Lipinski definition) is 10. The average Bonchev–Trinajstić information content (AvgIpc) is 3.62. The van der Waals surface area contributed by atoms with Crippen molar-refractivity contribution in [2.75, 3.05) is 10.6 Å². The molecule has 5 rings (SSSR count). The maximum absolute atomic E-state index is 12.3. The van der Waals surface area contributed by atoms with Gasteiger partial charge in [-0.2, -0.15) is 0 Å². The Morgan fingerprint density at radius 3 is 2.00 bits per heavy atom. The van der Waals surface area contributed by atoms with Crippen molar-refractivity contribution in [2.45, 2.75) is 44.4 Å². The van der Waals surface area contributed by atoms with E-state index in [0.29, 0.717) is 33.5 Å². The Morgan fingerprint density at radius 1 is 0.789 bits per heavy atom. The first-order valence-corrected chi connectivity index (χ1v) is 13.3. The lowest BCUT2D eigenvalue weighted by molar-refractivity contribution is -0.116. The van der Waals surface area contributed by atoms with Gasteiger partial charge in [0.25, 0.3) is 0 Å². The summed E-state index contributed by atoms with van der Waals surface area (Å²) in [6.45, 7) is 0. The van der Waals surface area contributed by atoms with Gasteiger partial charge in [0.1, 0.15) is 10.0 Å². The molecule has 1 aliphatic rings. The molecular weight excluding hydrogens is 567 g/mol. The summed E-state index contributed by atoms with van der Waals surface area (Å²) in [4.78, 5) is 32.9. The van der Waals surface area contributed by atoms with E-state index in [1.165, 1.54) is 22.7 Å². The summed E-state index contributed by atoms with van der Waals surface area (Å²) in [6, 6.07) is 11.0. The fourth-order valence-electron chi connectivity index (χ4n) is 4.23. The number of amides is 2. The molecule has 1 aliphatic carbocycles. The molecule has 0 unspecified atom stereocenters. The Hall–Kier alpha value is -3.06. The van der Waals surface area contributed by atoms with Crippen LogP contribution < -0.4 is 10.6 Å². The Labute approximate surface area is 240 Å². The van der Waals surface area contributed by atoms with Gasteiger partial charge in [-0.1, -0.05) is 34.8 Å². The quantitative estimate of drug-likeness (QED) is 0.289. The maximum Gasteiger partial charge on any atom is 0.232 e. The highest BCUT2D eigenvalue weighted by Gasteiger charge is 2.29. The van der Waals surface area contributed by atoms with Gasteiger partial charge in [-0.05, 0) is 49.4 Å². The van der Waals surface area contributed by atoms with Crippen molar-refractivity contribution in [1.29, 1.82) is 0 Å². The molecule has 0 bridgehead atoms. The van der Waals surface area contributed by atoms with Crippen molar-refractivity contribution in [2.24, 2.45) is 5.92 Å². The Morgan fingerprint density at radius 2 is 1.39 bits per heavy atom. The molecule has 4 heterocycles. The number of rotatable bonds is 9. The summed E-state index contributed by atoms with van der Waals surface area (Å²) in [6.07, 6.45) is 7.63. The van der Waals surface area contributed by atoms with Crippen molar-refractivity contribution in [1.82, 2.24) is 30.4 Å². The second-order valence-electron chi connectivity index (χ2n) is 8.62. The van der Waals surface area contributed by atoms with E-state index in [9.17, 15) is 9.59 Å². The second-order valence-corrected chi connectivity index (χ2v) is 10.7. The molecule has 2 amide bonds. The van der Waals surface area contributed by atoms with Gasteiger partial charge in [0.15, 0.2) is 0 Å². The van der Waals surface area contributed by atoms with Gasteiger partial charge in [0.05, 0.1) is 12.8 Å². The third-order valence-corrected chi connectivity index (χ3v) is 7.75. The lowest BCUT2D eigenvalue weighted by atomic mass is 10.0. The van der Waals surface area contributed by atoms with Gasteiger partial charge in [-0.25, -0.2) is 0 Å². The number of carbonyl (C=O) groups excluding carboxylic acids is 2. The highest BCUT2D eigenvalue weighted by atomic mass is 35.5. The van der Waals surface area contributed by atoms with Crippen LogP contribution in [0.1, 0.15) is 46.6 Å². The number of aromatic nitrogens is 6. The van der Waals surface area contributed by atoms with E-state index in [0.717, 1.165) is 35.7 Å². The molecule has 1 saturated carbocycles. The molecule has 2 atom stereocenters. The molecule has 0 radical (unpaired) electrons. The van der Waals surface area contributed by atoms with Crippen LogP contribution in [0.4, 0.5) is 10.3 Å². The topological polar surface area (TPSA) is 136 Å². The largest absolute Gasteiger partial charge is 0.300 e. The van der Waals surface area contributed by atoms with Crippen LogP contribution in [0, 0.1) is 5.92 Å². The SMILES string of the molecule is Cl.Cl.O=C(Cc1ccccn1)Nc1nnc(C[C@@H]2CC[C@H](c3nnc(NC(=O)Cc4ccccn4)s3)C2)s1. The van der Waals surface area contributed by atoms with Gasteiger partial charge >= 0.3 is 0 Å². The van der Waals surface area contributed by atoms with Crippen LogP contribution in [0.3, 0.4) is 0 Å². The molecule has 4 aromatic heterocycles. The molecule has 4 aromatic rings.